The highest BCUT2D eigenvalue weighted by molar-refractivity contribution is 7.98. The molecule has 4 nitrogen and oxygen atoms in total. The molecule has 4 aromatic rings. The summed E-state index contributed by atoms with van der Waals surface area (Å²) in [7, 11) is 0. The Morgan fingerprint density at radius 2 is 1.70 bits per heavy atom. The minimum atomic E-state index is -0.248. The summed E-state index contributed by atoms with van der Waals surface area (Å²) in [6, 6.07) is 21.6. The summed E-state index contributed by atoms with van der Waals surface area (Å²) in [6.07, 6.45) is 5.50. The zero-order chi connectivity index (χ0) is 18.6. The van der Waals surface area contributed by atoms with Gasteiger partial charge in [-0.05, 0) is 42.2 Å². The lowest BCUT2D eigenvalue weighted by molar-refractivity contribution is 0.471. The van der Waals surface area contributed by atoms with Crippen LogP contribution in [0.5, 0.6) is 5.75 Å². The standard InChI is InChI=1S/C22H19N3OS/c1-27-17-10-7-16(8-11-17)20(25-19-6-2-3-13-23-19)18-12-9-15-5-4-14-24-21(15)22(18)26/h2-14,20,26H,1H3,(H,23,25)/t20-/m1/s1. The van der Waals surface area contributed by atoms with E-state index in [1.165, 1.54) is 4.90 Å². The zero-order valence-corrected chi connectivity index (χ0v) is 15.6. The van der Waals surface area contributed by atoms with Crippen molar-refractivity contribution < 1.29 is 5.11 Å². The van der Waals surface area contributed by atoms with Gasteiger partial charge in [0.2, 0.25) is 0 Å². The summed E-state index contributed by atoms with van der Waals surface area (Å²) < 4.78 is 0. The predicted molar refractivity (Wildman–Crippen MR) is 111 cm³/mol. The second kappa shape index (κ2) is 7.68. The third-order valence-electron chi connectivity index (χ3n) is 4.50. The molecule has 0 fully saturated rings. The lowest BCUT2D eigenvalue weighted by atomic mass is 9.96. The first-order valence-electron chi connectivity index (χ1n) is 8.64. The Balaban J connectivity index is 1.83. The quantitative estimate of drug-likeness (QED) is 0.467. The van der Waals surface area contributed by atoms with Gasteiger partial charge in [0.1, 0.15) is 17.1 Å². The highest BCUT2D eigenvalue weighted by Crippen LogP contribution is 2.36. The van der Waals surface area contributed by atoms with Gasteiger partial charge in [-0.2, -0.15) is 0 Å². The topological polar surface area (TPSA) is 58.0 Å². The van der Waals surface area contributed by atoms with Crippen molar-refractivity contribution >= 4 is 28.5 Å². The van der Waals surface area contributed by atoms with Crippen molar-refractivity contribution in [3.05, 3.63) is 90.3 Å². The lowest BCUT2D eigenvalue weighted by Crippen LogP contribution is -2.13. The predicted octanol–water partition coefficient (Wildman–Crippen LogP) is 5.26. The van der Waals surface area contributed by atoms with Crippen LogP contribution in [0.3, 0.4) is 0 Å². The first-order chi connectivity index (χ1) is 13.3. The number of aromatic nitrogens is 2. The summed E-state index contributed by atoms with van der Waals surface area (Å²) in [4.78, 5) is 9.93. The molecule has 0 aliphatic heterocycles. The molecule has 1 atom stereocenters. The first-order valence-corrected chi connectivity index (χ1v) is 9.87. The molecular weight excluding hydrogens is 354 g/mol. The highest BCUT2D eigenvalue weighted by atomic mass is 32.2. The van der Waals surface area contributed by atoms with E-state index in [9.17, 15) is 5.11 Å². The van der Waals surface area contributed by atoms with E-state index in [0.717, 1.165) is 22.3 Å². The van der Waals surface area contributed by atoms with Crippen LogP contribution in [-0.4, -0.2) is 21.3 Å². The van der Waals surface area contributed by atoms with Crippen LogP contribution in [0.1, 0.15) is 17.2 Å². The Hall–Kier alpha value is -3.05. The van der Waals surface area contributed by atoms with E-state index in [-0.39, 0.29) is 11.8 Å². The molecular formula is C22H19N3OS. The normalized spacial score (nSPS) is 12.0. The third-order valence-corrected chi connectivity index (χ3v) is 5.24. The maximum absolute atomic E-state index is 10.9. The van der Waals surface area contributed by atoms with Crippen LogP contribution >= 0.6 is 11.8 Å². The molecule has 2 aromatic heterocycles. The number of thioether (sulfide) groups is 1. The molecule has 2 aromatic carbocycles. The van der Waals surface area contributed by atoms with Gasteiger partial charge in [-0.1, -0.05) is 36.4 Å². The molecule has 0 unspecified atom stereocenters. The number of pyridine rings is 2. The number of nitrogens with one attached hydrogen (secondary N) is 1. The van der Waals surface area contributed by atoms with E-state index < -0.39 is 0 Å². The lowest BCUT2D eigenvalue weighted by Gasteiger charge is -2.22. The summed E-state index contributed by atoms with van der Waals surface area (Å²) in [5.74, 6) is 0.937. The molecule has 0 aliphatic carbocycles. The van der Waals surface area contributed by atoms with Gasteiger partial charge in [-0.15, -0.1) is 11.8 Å². The van der Waals surface area contributed by atoms with Crippen LogP contribution in [-0.2, 0) is 0 Å². The Kier molecular flexibility index (Phi) is 4.94. The van der Waals surface area contributed by atoms with Crippen molar-refractivity contribution in [2.45, 2.75) is 10.9 Å². The maximum Gasteiger partial charge on any atom is 0.147 e. The number of phenolic OH excluding ortho intramolecular Hbond substituents is 1. The Morgan fingerprint density at radius 1 is 0.889 bits per heavy atom. The molecule has 5 heteroatoms. The number of hydrogen-bond acceptors (Lipinski definition) is 5. The molecule has 0 radical (unpaired) electrons. The second-order valence-electron chi connectivity index (χ2n) is 6.14. The molecule has 27 heavy (non-hydrogen) atoms. The SMILES string of the molecule is CSc1ccc([C@@H](Nc2ccccn2)c2ccc3cccnc3c2O)cc1. The van der Waals surface area contributed by atoms with Crippen LogP contribution in [0.2, 0.25) is 0 Å². The van der Waals surface area contributed by atoms with Crippen LogP contribution in [0, 0.1) is 0 Å². The number of nitrogens with zero attached hydrogens (tertiary/aromatic N) is 2. The average molecular weight is 373 g/mol. The Labute approximate surface area is 162 Å². The highest BCUT2D eigenvalue weighted by Gasteiger charge is 2.20. The van der Waals surface area contributed by atoms with Gasteiger partial charge in [0.05, 0.1) is 6.04 Å². The number of rotatable bonds is 5. The van der Waals surface area contributed by atoms with Crippen LogP contribution in [0.15, 0.2) is 84.0 Å². The fraction of sp³-hybridized carbons (Fsp3) is 0.0909. The Bertz CT molecular complexity index is 1050. The molecule has 0 spiro atoms. The van der Waals surface area contributed by atoms with E-state index in [0.29, 0.717) is 5.52 Å². The monoisotopic (exact) mass is 373 g/mol. The number of anilines is 1. The molecule has 0 amide bonds. The minimum Gasteiger partial charge on any atom is -0.505 e. The Morgan fingerprint density at radius 3 is 2.44 bits per heavy atom. The van der Waals surface area contributed by atoms with E-state index in [1.54, 1.807) is 24.2 Å². The fourth-order valence-electron chi connectivity index (χ4n) is 3.11. The van der Waals surface area contributed by atoms with Crippen molar-refractivity contribution in [3.63, 3.8) is 0 Å². The van der Waals surface area contributed by atoms with Gasteiger partial charge in [0.25, 0.3) is 0 Å². The van der Waals surface area contributed by atoms with Gasteiger partial charge in [0.15, 0.2) is 0 Å². The molecule has 4 rings (SSSR count). The molecule has 0 saturated heterocycles. The van der Waals surface area contributed by atoms with Crippen LogP contribution in [0.4, 0.5) is 5.82 Å². The molecule has 134 valence electrons. The van der Waals surface area contributed by atoms with Crippen LogP contribution in [0.25, 0.3) is 10.9 Å². The van der Waals surface area contributed by atoms with Crippen LogP contribution < -0.4 is 5.32 Å². The first kappa shape index (κ1) is 17.4. The summed E-state index contributed by atoms with van der Waals surface area (Å²) in [5.41, 5.74) is 2.41. The fourth-order valence-corrected chi connectivity index (χ4v) is 3.52. The van der Waals surface area contributed by atoms with E-state index in [2.05, 4.69) is 45.8 Å². The van der Waals surface area contributed by atoms with Crippen molar-refractivity contribution in [2.75, 3.05) is 11.6 Å². The number of fused-ring (bicyclic) bond motifs is 1. The molecule has 0 saturated carbocycles. The largest absolute Gasteiger partial charge is 0.505 e. The third kappa shape index (κ3) is 3.59. The number of hydrogen-bond donors (Lipinski definition) is 2. The van der Waals surface area contributed by atoms with E-state index in [1.807, 2.05) is 42.5 Å². The van der Waals surface area contributed by atoms with Gasteiger partial charge in [0, 0.05) is 28.2 Å². The molecule has 0 bridgehead atoms. The van der Waals surface area contributed by atoms with Crippen molar-refractivity contribution in [3.8, 4) is 5.75 Å². The number of benzene rings is 2. The van der Waals surface area contributed by atoms with Crippen molar-refractivity contribution in [2.24, 2.45) is 0 Å². The summed E-state index contributed by atoms with van der Waals surface area (Å²) in [6.45, 7) is 0. The smallest absolute Gasteiger partial charge is 0.147 e. The minimum absolute atomic E-state index is 0.190. The maximum atomic E-state index is 10.9. The average Bonchev–Trinajstić information content (AvgIpc) is 2.74. The van der Waals surface area contributed by atoms with E-state index in [4.69, 9.17) is 0 Å². The van der Waals surface area contributed by atoms with Crippen molar-refractivity contribution in [1.29, 1.82) is 0 Å². The molecule has 2 heterocycles. The molecule has 0 aliphatic rings. The summed E-state index contributed by atoms with van der Waals surface area (Å²) >= 11 is 1.70. The van der Waals surface area contributed by atoms with Gasteiger partial charge in [-0.25, -0.2) is 4.98 Å². The zero-order valence-electron chi connectivity index (χ0n) is 14.8. The van der Waals surface area contributed by atoms with E-state index >= 15 is 0 Å². The van der Waals surface area contributed by atoms with Gasteiger partial charge in [-0.3, -0.25) is 4.98 Å². The number of phenols is 1. The molecule has 2 N–H and O–H groups in total. The second-order valence-corrected chi connectivity index (χ2v) is 7.02. The van der Waals surface area contributed by atoms with Crippen molar-refractivity contribution in [1.82, 2.24) is 9.97 Å². The van der Waals surface area contributed by atoms with Gasteiger partial charge < -0.3 is 10.4 Å². The summed E-state index contributed by atoms with van der Waals surface area (Å²) in [5, 5.41) is 15.3. The number of aromatic hydroxyl groups is 1. The van der Waals surface area contributed by atoms with Gasteiger partial charge >= 0.3 is 0 Å².